The predicted molar refractivity (Wildman–Crippen MR) is 145 cm³/mol. The van der Waals surface area contributed by atoms with Gasteiger partial charge in [0.2, 0.25) is 5.91 Å². The molecule has 4 aromatic rings. The van der Waals surface area contributed by atoms with Crippen molar-refractivity contribution in [3.8, 4) is 5.75 Å². The van der Waals surface area contributed by atoms with Crippen LogP contribution in [0, 0.1) is 0 Å². The Labute approximate surface area is 223 Å². The van der Waals surface area contributed by atoms with E-state index < -0.39 is 10.0 Å². The summed E-state index contributed by atoms with van der Waals surface area (Å²) in [5.74, 6) is 0.394. The van der Waals surface area contributed by atoms with Crippen molar-refractivity contribution in [3.63, 3.8) is 0 Å². The number of rotatable bonds is 9. The zero-order valence-corrected chi connectivity index (χ0v) is 22.4. The van der Waals surface area contributed by atoms with Gasteiger partial charge in [0.05, 0.1) is 34.9 Å². The van der Waals surface area contributed by atoms with E-state index in [2.05, 4.69) is 20.8 Å². The smallest absolute Gasteiger partial charge is 0.272 e. The van der Waals surface area contributed by atoms with Crippen LogP contribution in [0.5, 0.6) is 5.75 Å². The van der Waals surface area contributed by atoms with Gasteiger partial charge in [-0.2, -0.15) is 5.10 Å². The highest BCUT2D eigenvalue weighted by Crippen LogP contribution is 2.35. The molecule has 1 atom stereocenters. The maximum atomic E-state index is 13.0. The number of sulfonamides is 1. The Kier molecular flexibility index (Phi) is 7.13. The van der Waals surface area contributed by atoms with E-state index in [4.69, 9.17) is 22.1 Å². The van der Waals surface area contributed by atoms with Crippen LogP contribution in [-0.4, -0.2) is 48.7 Å². The van der Waals surface area contributed by atoms with E-state index in [9.17, 15) is 13.2 Å². The minimum absolute atomic E-state index is 0.0963. The topological polar surface area (TPSA) is 120 Å². The first-order chi connectivity index (χ1) is 17.7. The molecule has 3 heterocycles. The number of halogens is 1. The highest BCUT2D eigenvalue weighted by molar-refractivity contribution is 7.94. The second kappa shape index (κ2) is 10.3. The van der Waals surface area contributed by atoms with Gasteiger partial charge in [-0.1, -0.05) is 41.9 Å². The fourth-order valence-electron chi connectivity index (χ4n) is 4.75. The van der Waals surface area contributed by atoms with Crippen LogP contribution in [0.2, 0.25) is 4.34 Å². The van der Waals surface area contributed by atoms with E-state index in [0.717, 1.165) is 47.4 Å². The van der Waals surface area contributed by atoms with Crippen LogP contribution in [0.15, 0.2) is 58.8 Å². The van der Waals surface area contributed by atoms with Crippen LogP contribution in [0.4, 0.5) is 5.82 Å². The lowest BCUT2D eigenvalue weighted by Gasteiger charge is -2.22. The summed E-state index contributed by atoms with van der Waals surface area (Å²) in [5, 5.41) is 5.19. The van der Waals surface area contributed by atoms with E-state index >= 15 is 0 Å². The van der Waals surface area contributed by atoms with Crippen molar-refractivity contribution < 1.29 is 17.9 Å². The molecule has 0 aliphatic carbocycles. The minimum Gasteiger partial charge on any atom is -0.496 e. The lowest BCUT2D eigenvalue weighted by Crippen LogP contribution is -2.39. The quantitative estimate of drug-likeness (QED) is 0.319. The minimum atomic E-state index is -3.89. The maximum absolute atomic E-state index is 13.0. The van der Waals surface area contributed by atoms with Gasteiger partial charge in [0, 0.05) is 6.54 Å². The zero-order valence-electron chi connectivity index (χ0n) is 20.1. The highest BCUT2D eigenvalue weighted by Gasteiger charge is 2.29. The van der Waals surface area contributed by atoms with Crippen molar-refractivity contribution in [1.29, 1.82) is 0 Å². The number of amides is 1. The monoisotopic (exact) mass is 559 g/mol. The number of nitrogens with zero attached hydrogens (tertiary/aromatic N) is 3. The molecule has 37 heavy (non-hydrogen) atoms. The number of methoxy groups -OCH3 is 1. The molecule has 0 spiro atoms. The standard InChI is InChI=1S/C25H26ClN5O4S2/c1-35-20-9-3-7-18-23(20)25(29-37(33,34)22-11-10-21(26)36-22)28-31(18)15-17-6-2-5-16(13-17)14-30-12-4-8-19(30)24(27)32/h2-3,5-7,9-11,13,19H,4,8,12,14-15H2,1H3,(H2,27,32)(H,28,29)/t19-/m1/s1. The molecule has 3 N–H and O–H groups in total. The fraction of sp³-hybridized carbons (Fsp3) is 0.280. The number of anilines is 1. The Balaban J connectivity index is 1.46. The first kappa shape index (κ1) is 25.5. The summed E-state index contributed by atoms with van der Waals surface area (Å²) in [6, 6.07) is 16.3. The molecule has 0 unspecified atom stereocenters. The number of hydrogen-bond acceptors (Lipinski definition) is 7. The van der Waals surface area contributed by atoms with E-state index in [0.29, 0.717) is 28.6 Å². The van der Waals surface area contributed by atoms with Gasteiger partial charge in [-0.25, -0.2) is 8.42 Å². The second-order valence-corrected chi connectivity index (χ2v) is 12.5. The molecule has 12 heteroatoms. The van der Waals surface area contributed by atoms with Crippen LogP contribution in [0.25, 0.3) is 10.9 Å². The van der Waals surface area contributed by atoms with Crippen molar-refractivity contribution in [2.24, 2.45) is 5.73 Å². The molecule has 9 nitrogen and oxygen atoms in total. The van der Waals surface area contributed by atoms with E-state index in [-0.39, 0.29) is 22.0 Å². The number of carbonyl (C=O) groups excluding carboxylic acids is 1. The third-order valence-corrected chi connectivity index (χ3v) is 9.47. The van der Waals surface area contributed by atoms with Crippen molar-refractivity contribution in [1.82, 2.24) is 14.7 Å². The van der Waals surface area contributed by atoms with Crippen molar-refractivity contribution in [2.75, 3.05) is 18.4 Å². The fourth-order valence-corrected chi connectivity index (χ4v) is 7.24. The molecule has 2 aromatic carbocycles. The summed E-state index contributed by atoms with van der Waals surface area (Å²) in [4.78, 5) is 13.9. The molecule has 2 aromatic heterocycles. The van der Waals surface area contributed by atoms with Gasteiger partial charge < -0.3 is 10.5 Å². The number of likely N-dealkylation sites (tertiary alicyclic amines) is 1. The van der Waals surface area contributed by atoms with Gasteiger partial charge in [0.25, 0.3) is 10.0 Å². The molecule has 1 fully saturated rings. The first-order valence-electron chi connectivity index (χ1n) is 11.7. The van der Waals surface area contributed by atoms with Gasteiger partial charge >= 0.3 is 0 Å². The van der Waals surface area contributed by atoms with Crippen LogP contribution in [-0.2, 0) is 27.9 Å². The Bertz CT molecular complexity index is 1570. The Morgan fingerprint density at radius 3 is 2.65 bits per heavy atom. The zero-order chi connectivity index (χ0) is 26.2. The number of benzene rings is 2. The Morgan fingerprint density at radius 1 is 1.19 bits per heavy atom. The van der Waals surface area contributed by atoms with Crippen molar-refractivity contribution in [3.05, 3.63) is 70.1 Å². The molecule has 194 valence electrons. The van der Waals surface area contributed by atoms with Crippen molar-refractivity contribution >= 4 is 55.6 Å². The molecule has 5 rings (SSSR count). The molecule has 1 saturated heterocycles. The number of fused-ring (bicyclic) bond motifs is 1. The molecule has 0 saturated carbocycles. The van der Waals surface area contributed by atoms with Crippen LogP contribution >= 0.6 is 22.9 Å². The third kappa shape index (κ3) is 5.30. The number of aromatic nitrogens is 2. The summed E-state index contributed by atoms with van der Waals surface area (Å²) >= 11 is 6.93. The van der Waals surface area contributed by atoms with Crippen LogP contribution in [0.1, 0.15) is 24.0 Å². The Hall–Kier alpha value is -3.12. The average molecular weight is 560 g/mol. The summed E-state index contributed by atoms with van der Waals surface area (Å²) in [6.07, 6.45) is 1.73. The number of hydrogen-bond donors (Lipinski definition) is 2. The number of ether oxygens (including phenoxy) is 1. The van der Waals surface area contributed by atoms with Gasteiger partial charge in [0.1, 0.15) is 9.96 Å². The highest BCUT2D eigenvalue weighted by atomic mass is 35.5. The first-order valence-corrected chi connectivity index (χ1v) is 14.4. The number of nitrogens with two attached hydrogens (primary N) is 1. The molecular weight excluding hydrogens is 534 g/mol. The molecule has 0 bridgehead atoms. The summed E-state index contributed by atoms with van der Waals surface area (Å²) in [7, 11) is -2.36. The maximum Gasteiger partial charge on any atom is 0.272 e. The van der Waals surface area contributed by atoms with Crippen LogP contribution < -0.4 is 15.2 Å². The van der Waals surface area contributed by atoms with Gasteiger partial charge in [0.15, 0.2) is 5.82 Å². The summed E-state index contributed by atoms with van der Waals surface area (Å²) in [6.45, 7) is 1.87. The molecule has 1 aliphatic rings. The van der Waals surface area contributed by atoms with Gasteiger partial charge in [-0.05, 0) is 54.8 Å². The van der Waals surface area contributed by atoms with E-state index in [1.165, 1.54) is 13.2 Å². The summed E-state index contributed by atoms with van der Waals surface area (Å²) in [5.41, 5.74) is 8.35. The lowest BCUT2D eigenvalue weighted by molar-refractivity contribution is -0.122. The number of nitrogens with one attached hydrogen (secondary N) is 1. The largest absolute Gasteiger partial charge is 0.496 e. The van der Waals surface area contributed by atoms with E-state index in [1.54, 1.807) is 16.8 Å². The normalized spacial score (nSPS) is 16.3. The number of primary amides is 1. The SMILES string of the molecule is COc1cccc2c1c(NS(=O)(=O)c1ccc(Cl)s1)nn2Cc1cccc(CN2CCC[C@@H]2C(N)=O)c1. The van der Waals surface area contributed by atoms with Crippen LogP contribution in [0.3, 0.4) is 0 Å². The molecule has 1 aliphatic heterocycles. The third-order valence-electron chi connectivity index (χ3n) is 6.41. The predicted octanol–water partition coefficient (Wildman–Crippen LogP) is 4.06. The van der Waals surface area contributed by atoms with Gasteiger partial charge in [-0.3, -0.25) is 19.1 Å². The summed E-state index contributed by atoms with van der Waals surface area (Å²) < 4.78 is 36.4. The number of carbonyl (C=O) groups is 1. The lowest BCUT2D eigenvalue weighted by atomic mass is 10.1. The second-order valence-electron chi connectivity index (χ2n) is 8.88. The molecular formula is C25H26ClN5O4S2. The molecule has 1 amide bonds. The average Bonchev–Trinajstić information content (AvgIpc) is 3.59. The number of thiophene rings is 1. The Morgan fingerprint density at radius 2 is 1.95 bits per heavy atom. The van der Waals surface area contributed by atoms with Crippen molar-refractivity contribution in [2.45, 2.75) is 36.2 Å². The van der Waals surface area contributed by atoms with E-state index in [1.807, 2.05) is 30.3 Å². The molecule has 0 radical (unpaired) electrons. The van der Waals surface area contributed by atoms with Gasteiger partial charge in [-0.15, -0.1) is 11.3 Å².